The molecule has 0 aliphatic rings. The number of aryl methyl sites for hydroxylation is 1. The van der Waals surface area contributed by atoms with Gasteiger partial charge in [-0.15, -0.1) is 0 Å². The van der Waals surface area contributed by atoms with Crippen molar-refractivity contribution in [2.75, 3.05) is 0 Å². The van der Waals surface area contributed by atoms with Crippen molar-refractivity contribution in [1.82, 2.24) is 10.9 Å². The van der Waals surface area contributed by atoms with E-state index in [1.807, 2.05) is 31.2 Å². The number of non-ortho nitro benzene ring substituents is 1. The second kappa shape index (κ2) is 8.52. The Hall–Kier alpha value is -3.55. The molecule has 0 unspecified atom stereocenters. The summed E-state index contributed by atoms with van der Waals surface area (Å²) in [5.74, 6) is -1.09. The Labute approximate surface area is 150 Å². The summed E-state index contributed by atoms with van der Waals surface area (Å²) in [7, 11) is 0. The number of hydrazine groups is 1. The summed E-state index contributed by atoms with van der Waals surface area (Å²) in [6, 6.07) is 12.8. The number of hydrogen-bond donors (Lipinski definition) is 2. The van der Waals surface area contributed by atoms with Crippen molar-refractivity contribution in [3.05, 3.63) is 69.8 Å². The zero-order valence-corrected chi connectivity index (χ0v) is 14.4. The number of nitrogens with zero attached hydrogens (tertiary/aromatic N) is 2. The van der Waals surface area contributed by atoms with Crippen LogP contribution in [-0.4, -0.2) is 22.4 Å². The summed E-state index contributed by atoms with van der Waals surface area (Å²) in [5, 5.41) is 10.7. The third-order valence-electron chi connectivity index (χ3n) is 3.40. The number of hydrogen-bond acceptors (Lipinski definition) is 5. The van der Waals surface area contributed by atoms with Crippen molar-refractivity contribution in [3.8, 4) is 0 Å². The lowest BCUT2D eigenvalue weighted by atomic mass is 10.2. The Morgan fingerprint density at radius 2 is 1.81 bits per heavy atom. The lowest BCUT2D eigenvalue weighted by molar-refractivity contribution is -0.384. The molecule has 0 spiro atoms. The molecule has 0 aliphatic heterocycles. The molecular weight excluding hydrogens is 336 g/mol. The van der Waals surface area contributed by atoms with Crippen molar-refractivity contribution >= 4 is 28.9 Å². The zero-order chi connectivity index (χ0) is 19.1. The van der Waals surface area contributed by atoms with Crippen LogP contribution in [0.5, 0.6) is 0 Å². The third kappa shape index (κ3) is 5.52. The minimum absolute atomic E-state index is 0.00307. The van der Waals surface area contributed by atoms with Crippen molar-refractivity contribution in [3.63, 3.8) is 0 Å². The van der Waals surface area contributed by atoms with E-state index >= 15 is 0 Å². The standard InChI is InChI=1S/C18H18N4O4/c1-12-6-8-15(9-7-12)19-13(2)10-17(23)20-21-18(24)14-4-3-5-16(11-14)22(25)26/h3-9,11H,10H2,1-2H3,(H,20,23)(H,21,24). The number of benzene rings is 2. The van der Waals surface area contributed by atoms with Gasteiger partial charge < -0.3 is 0 Å². The summed E-state index contributed by atoms with van der Waals surface area (Å²) in [6.07, 6.45) is 0.00307. The molecule has 0 atom stereocenters. The third-order valence-corrected chi connectivity index (χ3v) is 3.40. The number of rotatable bonds is 5. The molecule has 2 rings (SSSR count). The number of nitro groups is 1. The largest absolute Gasteiger partial charge is 0.273 e. The van der Waals surface area contributed by atoms with Crippen LogP contribution >= 0.6 is 0 Å². The van der Waals surface area contributed by atoms with E-state index in [-0.39, 0.29) is 17.7 Å². The summed E-state index contributed by atoms with van der Waals surface area (Å²) < 4.78 is 0. The number of carbonyl (C=O) groups excluding carboxylic acids is 2. The van der Waals surface area contributed by atoms with Crippen molar-refractivity contribution in [1.29, 1.82) is 0 Å². The number of aliphatic imine (C=N–C) groups is 1. The smallest absolute Gasteiger partial charge is 0.270 e. The van der Waals surface area contributed by atoms with Crippen LogP contribution in [0.1, 0.15) is 29.3 Å². The number of nitro benzene ring substituents is 1. The van der Waals surface area contributed by atoms with Crippen LogP contribution in [-0.2, 0) is 4.79 Å². The molecule has 0 aliphatic carbocycles. The van der Waals surface area contributed by atoms with Crippen LogP contribution in [0, 0.1) is 17.0 Å². The maximum atomic E-state index is 12.0. The van der Waals surface area contributed by atoms with E-state index in [9.17, 15) is 19.7 Å². The van der Waals surface area contributed by atoms with Crippen LogP contribution in [0.15, 0.2) is 53.5 Å². The molecule has 2 N–H and O–H groups in total. The maximum Gasteiger partial charge on any atom is 0.270 e. The predicted molar refractivity (Wildman–Crippen MR) is 97.3 cm³/mol. The van der Waals surface area contributed by atoms with Gasteiger partial charge in [0.05, 0.1) is 17.0 Å². The van der Waals surface area contributed by atoms with Gasteiger partial charge in [-0.25, -0.2) is 0 Å². The first-order chi connectivity index (χ1) is 12.3. The Kier molecular flexibility index (Phi) is 6.15. The molecular formula is C18H18N4O4. The summed E-state index contributed by atoms with van der Waals surface area (Å²) in [4.78, 5) is 38.3. The highest BCUT2D eigenvalue weighted by molar-refractivity contribution is 6.02. The molecule has 0 radical (unpaired) electrons. The van der Waals surface area contributed by atoms with Crippen molar-refractivity contribution in [2.45, 2.75) is 20.3 Å². The molecule has 134 valence electrons. The van der Waals surface area contributed by atoms with E-state index in [2.05, 4.69) is 15.8 Å². The van der Waals surface area contributed by atoms with E-state index < -0.39 is 16.7 Å². The number of nitrogens with one attached hydrogen (secondary N) is 2. The summed E-state index contributed by atoms with van der Waals surface area (Å²) >= 11 is 0. The van der Waals surface area contributed by atoms with Gasteiger partial charge in [-0.3, -0.25) is 35.5 Å². The fraction of sp³-hybridized carbons (Fsp3) is 0.167. The normalized spacial score (nSPS) is 10.9. The van der Waals surface area contributed by atoms with E-state index in [1.165, 1.54) is 18.2 Å². The molecule has 0 heterocycles. The van der Waals surface area contributed by atoms with E-state index in [1.54, 1.807) is 6.92 Å². The van der Waals surface area contributed by atoms with Crippen molar-refractivity contribution < 1.29 is 14.5 Å². The molecule has 0 fully saturated rings. The highest BCUT2D eigenvalue weighted by Crippen LogP contribution is 2.14. The second-order valence-electron chi connectivity index (χ2n) is 5.67. The van der Waals surface area contributed by atoms with Gasteiger partial charge in [0.25, 0.3) is 11.6 Å². The van der Waals surface area contributed by atoms with E-state index in [0.29, 0.717) is 5.71 Å². The highest BCUT2D eigenvalue weighted by atomic mass is 16.6. The quantitative estimate of drug-likeness (QED) is 0.488. The molecule has 8 heteroatoms. The minimum Gasteiger partial charge on any atom is -0.273 e. The molecule has 0 saturated heterocycles. The van der Waals surface area contributed by atoms with Crippen molar-refractivity contribution in [2.24, 2.45) is 4.99 Å². The van der Waals surface area contributed by atoms with Gasteiger partial charge in [-0.1, -0.05) is 23.8 Å². The van der Waals surface area contributed by atoms with Crippen LogP contribution in [0.2, 0.25) is 0 Å². The zero-order valence-electron chi connectivity index (χ0n) is 14.4. The Bertz CT molecular complexity index is 860. The molecule has 2 aromatic rings. The monoisotopic (exact) mass is 354 g/mol. The lowest BCUT2D eigenvalue weighted by Crippen LogP contribution is -2.42. The first kappa shape index (κ1) is 18.8. The van der Waals surface area contributed by atoms with Gasteiger partial charge in [0.1, 0.15) is 0 Å². The first-order valence-electron chi connectivity index (χ1n) is 7.79. The molecule has 0 aromatic heterocycles. The average Bonchev–Trinajstić information content (AvgIpc) is 2.61. The van der Waals surface area contributed by atoms with Crippen LogP contribution in [0.3, 0.4) is 0 Å². The van der Waals surface area contributed by atoms with Gasteiger partial charge in [0.15, 0.2) is 0 Å². The fourth-order valence-electron chi connectivity index (χ4n) is 2.12. The van der Waals surface area contributed by atoms with Crippen LogP contribution in [0.25, 0.3) is 0 Å². The summed E-state index contributed by atoms with van der Waals surface area (Å²) in [6.45, 7) is 3.68. The fourth-order valence-corrected chi connectivity index (χ4v) is 2.12. The molecule has 0 bridgehead atoms. The maximum absolute atomic E-state index is 12.0. The SMILES string of the molecule is CC(CC(=O)NNC(=O)c1cccc([N+](=O)[O-])c1)=Nc1ccc(C)cc1. The Balaban J connectivity index is 1.89. The molecule has 0 saturated carbocycles. The van der Waals surface area contributed by atoms with Crippen LogP contribution < -0.4 is 10.9 Å². The van der Waals surface area contributed by atoms with Crippen LogP contribution in [0.4, 0.5) is 11.4 Å². The number of amides is 2. The van der Waals surface area contributed by atoms with E-state index in [0.717, 1.165) is 17.3 Å². The first-order valence-corrected chi connectivity index (χ1v) is 7.79. The molecule has 2 aromatic carbocycles. The van der Waals surface area contributed by atoms with Gasteiger partial charge in [-0.2, -0.15) is 0 Å². The van der Waals surface area contributed by atoms with Gasteiger partial charge in [0.2, 0.25) is 5.91 Å². The van der Waals surface area contributed by atoms with Gasteiger partial charge >= 0.3 is 0 Å². The van der Waals surface area contributed by atoms with E-state index in [4.69, 9.17) is 0 Å². The Morgan fingerprint density at radius 3 is 2.46 bits per heavy atom. The van der Waals surface area contributed by atoms with Gasteiger partial charge in [0, 0.05) is 23.4 Å². The topological polar surface area (TPSA) is 114 Å². The average molecular weight is 354 g/mol. The predicted octanol–water partition coefficient (Wildman–Crippen LogP) is 2.85. The Morgan fingerprint density at radius 1 is 1.12 bits per heavy atom. The molecule has 26 heavy (non-hydrogen) atoms. The minimum atomic E-state index is -0.643. The highest BCUT2D eigenvalue weighted by Gasteiger charge is 2.12. The van der Waals surface area contributed by atoms with Gasteiger partial charge in [-0.05, 0) is 32.0 Å². The summed E-state index contributed by atoms with van der Waals surface area (Å²) in [5.41, 5.74) is 6.79. The molecule has 2 amide bonds. The molecule has 8 nitrogen and oxygen atoms in total. The number of carbonyl (C=O) groups is 2. The second-order valence-corrected chi connectivity index (χ2v) is 5.67. The lowest BCUT2D eigenvalue weighted by Gasteiger charge is -2.07.